The van der Waals surface area contributed by atoms with Gasteiger partial charge in [-0.25, -0.2) is 13.1 Å². The molecule has 0 radical (unpaired) electrons. The smallest absolute Gasteiger partial charge is 0.215 e. The second-order valence-corrected chi connectivity index (χ2v) is 7.96. The predicted octanol–water partition coefficient (Wildman–Crippen LogP) is 2.62. The fourth-order valence-corrected chi connectivity index (χ4v) is 2.93. The Morgan fingerprint density at radius 3 is 2.24 bits per heavy atom. The molecular weight excluding hydrogens is 284 g/mol. The van der Waals surface area contributed by atoms with Crippen molar-refractivity contribution < 1.29 is 8.42 Å². The Hall–Kier alpha value is -0.910. The zero-order valence-corrected chi connectivity index (χ0v) is 14.3. The van der Waals surface area contributed by atoms with E-state index in [4.69, 9.17) is 0 Å². The fourth-order valence-electron chi connectivity index (χ4n) is 1.94. The first kappa shape index (κ1) is 18.1. The van der Waals surface area contributed by atoms with Gasteiger partial charge in [-0.2, -0.15) is 0 Å². The highest BCUT2D eigenvalue weighted by Crippen LogP contribution is 2.14. The molecular formula is C16H28N2O2S. The zero-order chi connectivity index (χ0) is 15.9. The van der Waals surface area contributed by atoms with E-state index in [-0.39, 0.29) is 0 Å². The molecule has 0 saturated carbocycles. The summed E-state index contributed by atoms with van der Waals surface area (Å²) < 4.78 is 26.9. The van der Waals surface area contributed by atoms with Gasteiger partial charge in [0.05, 0.1) is 5.25 Å². The molecule has 0 amide bonds. The second kappa shape index (κ2) is 8.51. The molecule has 0 heterocycles. The van der Waals surface area contributed by atoms with Crippen LogP contribution in [0.4, 0.5) is 0 Å². The van der Waals surface area contributed by atoms with Crippen LogP contribution in [-0.4, -0.2) is 26.8 Å². The van der Waals surface area contributed by atoms with Crippen molar-refractivity contribution in [1.29, 1.82) is 0 Å². The van der Waals surface area contributed by atoms with Crippen molar-refractivity contribution in [3.63, 3.8) is 0 Å². The van der Waals surface area contributed by atoms with Gasteiger partial charge in [0.1, 0.15) is 0 Å². The van der Waals surface area contributed by atoms with Crippen molar-refractivity contribution in [1.82, 2.24) is 10.0 Å². The van der Waals surface area contributed by atoms with E-state index in [0.717, 1.165) is 18.5 Å². The van der Waals surface area contributed by atoms with Gasteiger partial charge in [0.2, 0.25) is 10.0 Å². The Balaban J connectivity index is 2.52. The Labute approximate surface area is 129 Å². The van der Waals surface area contributed by atoms with Crippen LogP contribution in [0.25, 0.3) is 0 Å². The number of hydrogen-bond acceptors (Lipinski definition) is 3. The van der Waals surface area contributed by atoms with Crippen LogP contribution in [0.5, 0.6) is 0 Å². The maximum Gasteiger partial charge on any atom is 0.215 e. The first-order valence-corrected chi connectivity index (χ1v) is 9.19. The summed E-state index contributed by atoms with van der Waals surface area (Å²) in [5, 5.41) is 2.71. The monoisotopic (exact) mass is 312 g/mol. The standard InChI is InChI=1S/C16H28N2O2S/c1-5-10-17-11-14(4)21(19,20)18-12-15-6-8-16(9-7-15)13(2)3/h6-9,13-14,17-18H,5,10-12H2,1-4H3. The molecule has 1 unspecified atom stereocenters. The van der Waals surface area contributed by atoms with E-state index in [0.29, 0.717) is 19.0 Å². The SMILES string of the molecule is CCCNCC(C)S(=O)(=O)NCc1ccc(C(C)C)cc1. The third-order valence-electron chi connectivity index (χ3n) is 3.51. The molecule has 0 fully saturated rings. The van der Waals surface area contributed by atoms with Crippen LogP contribution in [0.15, 0.2) is 24.3 Å². The van der Waals surface area contributed by atoms with Crippen LogP contribution >= 0.6 is 0 Å². The molecule has 0 aliphatic carbocycles. The fraction of sp³-hybridized carbons (Fsp3) is 0.625. The number of benzene rings is 1. The highest BCUT2D eigenvalue weighted by Gasteiger charge is 2.19. The van der Waals surface area contributed by atoms with E-state index in [1.54, 1.807) is 6.92 Å². The molecule has 2 N–H and O–H groups in total. The van der Waals surface area contributed by atoms with Gasteiger partial charge >= 0.3 is 0 Å². The van der Waals surface area contributed by atoms with Gasteiger partial charge in [0, 0.05) is 13.1 Å². The van der Waals surface area contributed by atoms with Crippen LogP contribution in [0.3, 0.4) is 0 Å². The Bertz CT molecular complexity index is 510. The molecule has 0 spiro atoms. The number of nitrogens with one attached hydrogen (secondary N) is 2. The summed E-state index contributed by atoms with van der Waals surface area (Å²) in [5.41, 5.74) is 2.25. The Morgan fingerprint density at radius 1 is 1.10 bits per heavy atom. The minimum atomic E-state index is -3.28. The maximum absolute atomic E-state index is 12.1. The van der Waals surface area contributed by atoms with Crippen molar-refractivity contribution >= 4 is 10.0 Å². The summed E-state index contributed by atoms with van der Waals surface area (Å²) in [6.45, 7) is 9.74. The summed E-state index contributed by atoms with van der Waals surface area (Å²) in [7, 11) is -3.28. The largest absolute Gasteiger partial charge is 0.315 e. The van der Waals surface area contributed by atoms with E-state index >= 15 is 0 Å². The quantitative estimate of drug-likeness (QED) is 0.689. The molecule has 0 aromatic heterocycles. The van der Waals surface area contributed by atoms with Crippen molar-refractivity contribution in [2.45, 2.75) is 51.8 Å². The first-order chi connectivity index (χ1) is 9.86. The first-order valence-electron chi connectivity index (χ1n) is 7.64. The third-order valence-corrected chi connectivity index (χ3v) is 5.28. The van der Waals surface area contributed by atoms with Gasteiger partial charge in [-0.15, -0.1) is 0 Å². The molecule has 1 aromatic carbocycles. The third kappa shape index (κ3) is 6.16. The van der Waals surface area contributed by atoms with E-state index < -0.39 is 15.3 Å². The molecule has 0 aliphatic rings. The van der Waals surface area contributed by atoms with Crippen LogP contribution < -0.4 is 10.0 Å². The van der Waals surface area contributed by atoms with Crippen LogP contribution in [-0.2, 0) is 16.6 Å². The topological polar surface area (TPSA) is 58.2 Å². The number of rotatable bonds is 9. The number of sulfonamides is 1. The zero-order valence-electron chi connectivity index (χ0n) is 13.5. The summed E-state index contributed by atoms with van der Waals surface area (Å²) in [6.07, 6.45) is 1.00. The normalized spacial score (nSPS) is 13.6. The second-order valence-electron chi connectivity index (χ2n) is 5.78. The summed E-state index contributed by atoms with van der Waals surface area (Å²) in [5.74, 6) is 0.486. The van der Waals surface area contributed by atoms with Crippen molar-refractivity contribution in [2.75, 3.05) is 13.1 Å². The van der Waals surface area contributed by atoms with Gasteiger partial charge < -0.3 is 5.32 Å². The summed E-state index contributed by atoms with van der Waals surface area (Å²) in [4.78, 5) is 0. The van der Waals surface area contributed by atoms with Crippen LogP contribution in [0.1, 0.15) is 51.2 Å². The lowest BCUT2D eigenvalue weighted by molar-refractivity contribution is 0.557. The summed E-state index contributed by atoms with van der Waals surface area (Å²) >= 11 is 0. The van der Waals surface area contributed by atoms with Gasteiger partial charge in [0.25, 0.3) is 0 Å². The van der Waals surface area contributed by atoms with E-state index in [2.05, 4.69) is 42.9 Å². The van der Waals surface area contributed by atoms with Crippen LogP contribution in [0, 0.1) is 0 Å². The van der Waals surface area contributed by atoms with E-state index in [9.17, 15) is 8.42 Å². The van der Waals surface area contributed by atoms with Gasteiger partial charge in [-0.05, 0) is 36.9 Å². The van der Waals surface area contributed by atoms with Crippen molar-refractivity contribution in [3.05, 3.63) is 35.4 Å². The highest BCUT2D eigenvalue weighted by atomic mass is 32.2. The molecule has 1 atom stereocenters. The van der Waals surface area contributed by atoms with Gasteiger partial charge in [-0.3, -0.25) is 0 Å². The maximum atomic E-state index is 12.1. The molecule has 1 rings (SSSR count). The lowest BCUT2D eigenvalue weighted by Gasteiger charge is -2.15. The summed E-state index contributed by atoms with van der Waals surface area (Å²) in [6, 6.07) is 8.08. The minimum Gasteiger partial charge on any atom is -0.315 e. The molecule has 120 valence electrons. The lowest BCUT2D eigenvalue weighted by atomic mass is 10.0. The van der Waals surface area contributed by atoms with Crippen molar-refractivity contribution in [3.8, 4) is 0 Å². The molecule has 0 saturated heterocycles. The average molecular weight is 312 g/mol. The minimum absolute atomic E-state index is 0.346. The lowest BCUT2D eigenvalue weighted by Crippen LogP contribution is -2.38. The van der Waals surface area contributed by atoms with Gasteiger partial charge in [-0.1, -0.05) is 45.0 Å². The molecule has 0 bridgehead atoms. The Kier molecular flexibility index (Phi) is 7.35. The molecule has 4 nitrogen and oxygen atoms in total. The van der Waals surface area contributed by atoms with Crippen LogP contribution in [0.2, 0.25) is 0 Å². The van der Waals surface area contributed by atoms with Gasteiger partial charge in [0.15, 0.2) is 0 Å². The highest BCUT2D eigenvalue weighted by molar-refractivity contribution is 7.90. The van der Waals surface area contributed by atoms with Crippen molar-refractivity contribution in [2.24, 2.45) is 0 Å². The Morgan fingerprint density at radius 2 is 1.71 bits per heavy atom. The molecule has 5 heteroatoms. The number of hydrogen-bond donors (Lipinski definition) is 2. The molecule has 0 aliphatic heterocycles. The molecule has 1 aromatic rings. The van der Waals surface area contributed by atoms with E-state index in [1.807, 2.05) is 12.1 Å². The van der Waals surface area contributed by atoms with E-state index in [1.165, 1.54) is 5.56 Å². The molecule has 21 heavy (non-hydrogen) atoms. The predicted molar refractivity (Wildman–Crippen MR) is 88.9 cm³/mol. The average Bonchev–Trinajstić information content (AvgIpc) is 2.45.